The second-order valence-corrected chi connectivity index (χ2v) is 5.03. The van der Waals surface area contributed by atoms with Crippen molar-refractivity contribution in [3.63, 3.8) is 0 Å². The fourth-order valence-electron chi connectivity index (χ4n) is 1.97. The molecule has 0 amide bonds. The molecule has 0 saturated heterocycles. The zero-order chi connectivity index (χ0) is 18.4. The van der Waals surface area contributed by atoms with Gasteiger partial charge in [0.25, 0.3) is 0 Å². The Morgan fingerprint density at radius 1 is 0.920 bits per heavy atom. The summed E-state index contributed by atoms with van der Waals surface area (Å²) in [5, 5.41) is 0. The minimum absolute atomic E-state index is 0.0261. The second kappa shape index (κ2) is 8.23. The first-order chi connectivity index (χ1) is 11.8. The maximum Gasteiger partial charge on any atom is 0.338 e. The zero-order valence-corrected chi connectivity index (χ0v) is 12.8. The van der Waals surface area contributed by atoms with Gasteiger partial charge in [-0.15, -0.1) is 0 Å². The topological polar surface area (TPSA) is 43.4 Å². The van der Waals surface area contributed by atoms with Crippen LogP contribution in [-0.2, 0) is 20.7 Å². The van der Waals surface area contributed by atoms with E-state index in [9.17, 15) is 27.2 Å². The third-order valence-corrected chi connectivity index (χ3v) is 3.18. The molecule has 0 aliphatic carbocycles. The zero-order valence-electron chi connectivity index (χ0n) is 12.8. The molecule has 130 valence electrons. The van der Waals surface area contributed by atoms with E-state index in [4.69, 9.17) is 0 Å². The van der Waals surface area contributed by atoms with Crippen molar-refractivity contribution in [2.24, 2.45) is 0 Å². The van der Waals surface area contributed by atoms with Crippen LogP contribution in [-0.4, -0.2) is 11.9 Å². The molecule has 0 aliphatic rings. The second-order valence-electron chi connectivity index (χ2n) is 5.03. The van der Waals surface area contributed by atoms with Crippen molar-refractivity contribution < 1.29 is 31.9 Å². The van der Waals surface area contributed by atoms with E-state index in [1.54, 1.807) is 0 Å². The Labute approximate surface area is 140 Å². The number of esters is 2. The third-order valence-electron chi connectivity index (χ3n) is 3.18. The monoisotopic (exact) mass is 352 g/mol. The lowest BCUT2D eigenvalue weighted by Gasteiger charge is -2.03. The van der Waals surface area contributed by atoms with Crippen LogP contribution in [0.5, 0.6) is 0 Å². The standard InChI is InChI=1S/C18H12F4O3/c19-13-3-5-15(21)11(9-13)1-7-17(23)25-18(24)8-2-12-10-14(20)4-6-16(12)22/h1,3-7,9-10H,2,8H2. The van der Waals surface area contributed by atoms with Gasteiger partial charge in [-0.2, -0.15) is 0 Å². The quantitative estimate of drug-likeness (QED) is 0.354. The molecule has 0 heterocycles. The summed E-state index contributed by atoms with van der Waals surface area (Å²) >= 11 is 0. The Bertz CT molecular complexity index is 831. The number of aryl methyl sites for hydroxylation is 1. The van der Waals surface area contributed by atoms with Gasteiger partial charge in [-0.25, -0.2) is 22.4 Å². The van der Waals surface area contributed by atoms with Gasteiger partial charge in [-0.1, -0.05) is 0 Å². The van der Waals surface area contributed by atoms with Crippen molar-refractivity contribution in [1.82, 2.24) is 0 Å². The van der Waals surface area contributed by atoms with E-state index in [1.807, 2.05) is 0 Å². The number of carbonyl (C=O) groups is 2. The summed E-state index contributed by atoms with van der Waals surface area (Å²) in [6, 6.07) is 5.48. The predicted octanol–water partition coefficient (Wildman–Crippen LogP) is 3.96. The van der Waals surface area contributed by atoms with Gasteiger partial charge in [-0.05, 0) is 54.5 Å². The molecule has 0 unspecified atom stereocenters. The molecule has 0 spiro atoms. The van der Waals surface area contributed by atoms with Crippen LogP contribution >= 0.6 is 0 Å². The Balaban J connectivity index is 1.89. The summed E-state index contributed by atoms with van der Waals surface area (Å²) in [6.07, 6.45) is 1.21. The van der Waals surface area contributed by atoms with Crippen LogP contribution in [0.15, 0.2) is 42.5 Å². The minimum Gasteiger partial charge on any atom is -0.390 e. The highest BCUT2D eigenvalue weighted by molar-refractivity contribution is 5.94. The summed E-state index contributed by atoms with van der Waals surface area (Å²) < 4.78 is 57.2. The van der Waals surface area contributed by atoms with Gasteiger partial charge in [0.15, 0.2) is 0 Å². The Morgan fingerprint density at radius 3 is 2.28 bits per heavy atom. The SMILES string of the molecule is O=C(C=Cc1cc(F)ccc1F)OC(=O)CCc1cc(F)ccc1F. The van der Waals surface area contributed by atoms with E-state index in [2.05, 4.69) is 4.74 Å². The Morgan fingerprint density at radius 2 is 1.56 bits per heavy atom. The van der Waals surface area contributed by atoms with Gasteiger partial charge in [0.05, 0.1) is 6.42 Å². The predicted molar refractivity (Wildman–Crippen MR) is 81.2 cm³/mol. The first kappa shape index (κ1) is 18.4. The maximum atomic E-state index is 13.4. The molecule has 0 aromatic heterocycles. The average molecular weight is 352 g/mol. The number of halogens is 4. The Hall–Kier alpha value is -2.96. The number of carbonyl (C=O) groups excluding carboxylic acids is 2. The van der Waals surface area contributed by atoms with Crippen LogP contribution in [0.1, 0.15) is 17.5 Å². The first-order valence-electron chi connectivity index (χ1n) is 7.17. The smallest absolute Gasteiger partial charge is 0.338 e. The molecule has 0 aliphatic heterocycles. The van der Waals surface area contributed by atoms with Crippen molar-refractivity contribution in [2.75, 3.05) is 0 Å². The van der Waals surface area contributed by atoms with Crippen LogP contribution in [0.4, 0.5) is 17.6 Å². The van der Waals surface area contributed by atoms with Crippen LogP contribution in [0.25, 0.3) is 6.08 Å². The van der Waals surface area contributed by atoms with Crippen LogP contribution in [0.3, 0.4) is 0 Å². The number of ether oxygens (including phenoxy) is 1. The minimum atomic E-state index is -1.09. The molecular formula is C18H12F4O3. The van der Waals surface area contributed by atoms with Gasteiger partial charge in [0, 0.05) is 11.6 Å². The summed E-state index contributed by atoms with van der Waals surface area (Å²) in [5.74, 6) is -4.82. The lowest BCUT2D eigenvalue weighted by molar-refractivity contribution is -0.156. The highest BCUT2D eigenvalue weighted by Gasteiger charge is 2.11. The first-order valence-corrected chi connectivity index (χ1v) is 7.17. The number of hydrogen-bond acceptors (Lipinski definition) is 3. The molecule has 0 N–H and O–H groups in total. The van der Waals surface area contributed by atoms with E-state index in [0.29, 0.717) is 0 Å². The maximum absolute atomic E-state index is 13.4. The lowest BCUT2D eigenvalue weighted by atomic mass is 10.1. The van der Waals surface area contributed by atoms with Crippen LogP contribution in [0.2, 0.25) is 0 Å². The fraction of sp³-hybridized carbons (Fsp3) is 0.111. The highest BCUT2D eigenvalue weighted by Crippen LogP contribution is 2.13. The van der Waals surface area contributed by atoms with Crippen molar-refractivity contribution in [3.05, 3.63) is 76.9 Å². The summed E-state index contributed by atoms with van der Waals surface area (Å²) in [5.41, 5.74) is -0.215. The molecule has 0 radical (unpaired) electrons. The van der Waals surface area contributed by atoms with E-state index in [1.165, 1.54) is 0 Å². The number of rotatable bonds is 5. The largest absolute Gasteiger partial charge is 0.390 e. The molecular weight excluding hydrogens is 340 g/mol. The van der Waals surface area contributed by atoms with E-state index >= 15 is 0 Å². The van der Waals surface area contributed by atoms with Crippen LogP contribution < -0.4 is 0 Å². The van der Waals surface area contributed by atoms with E-state index in [0.717, 1.165) is 48.6 Å². The van der Waals surface area contributed by atoms with Crippen molar-refractivity contribution in [3.8, 4) is 0 Å². The number of hydrogen-bond donors (Lipinski definition) is 0. The van der Waals surface area contributed by atoms with Gasteiger partial charge < -0.3 is 4.74 Å². The van der Waals surface area contributed by atoms with E-state index < -0.39 is 35.2 Å². The molecule has 7 heteroatoms. The summed E-state index contributed by atoms with van der Waals surface area (Å²) in [4.78, 5) is 23.0. The van der Waals surface area contributed by atoms with Gasteiger partial charge in [0.2, 0.25) is 0 Å². The normalized spacial score (nSPS) is 10.9. The number of benzene rings is 2. The van der Waals surface area contributed by atoms with Crippen molar-refractivity contribution >= 4 is 18.0 Å². The molecule has 2 aromatic rings. The third kappa shape index (κ3) is 5.56. The molecule has 2 aromatic carbocycles. The fourth-order valence-corrected chi connectivity index (χ4v) is 1.97. The molecule has 2 rings (SSSR count). The highest BCUT2D eigenvalue weighted by atomic mass is 19.1. The van der Waals surface area contributed by atoms with Crippen molar-refractivity contribution in [2.45, 2.75) is 12.8 Å². The van der Waals surface area contributed by atoms with Crippen molar-refractivity contribution in [1.29, 1.82) is 0 Å². The average Bonchev–Trinajstić information content (AvgIpc) is 2.56. The summed E-state index contributed by atoms with van der Waals surface area (Å²) in [7, 11) is 0. The molecule has 0 atom stereocenters. The molecule has 0 saturated carbocycles. The molecule has 3 nitrogen and oxygen atoms in total. The lowest BCUT2D eigenvalue weighted by Crippen LogP contribution is -2.11. The van der Waals surface area contributed by atoms with E-state index in [-0.39, 0.29) is 24.0 Å². The van der Waals surface area contributed by atoms with Gasteiger partial charge in [0.1, 0.15) is 23.3 Å². The Kier molecular flexibility index (Phi) is 6.05. The van der Waals surface area contributed by atoms with Crippen LogP contribution in [0, 0.1) is 23.3 Å². The molecule has 0 bridgehead atoms. The van der Waals surface area contributed by atoms with Gasteiger partial charge >= 0.3 is 11.9 Å². The molecule has 0 fully saturated rings. The van der Waals surface area contributed by atoms with Gasteiger partial charge in [-0.3, -0.25) is 4.79 Å². The summed E-state index contributed by atoms with van der Waals surface area (Å²) in [6.45, 7) is 0. The molecule has 25 heavy (non-hydrogen) atoms.